The van der Waals surface area contributed by atoms with E-state index in [-0.39, 0.29) is 30.1 Å². The van der Waals surface area contributed by atoms with E-state index >= 15 is 0 Å². The summed E-state index contributed by atoms with van der Waals surface area (Å²) >= 11 is 0. The number of hydrogen-bond donors (Lipinski definition) is 1. The smallest absolute Gasteiger partial charge is 0.264 e. The van der Waals surface area contributed by atoms with E-state index in [0.29, 0.717) is 11.1 Å². The zero-order valence-corrected chi connectivity index (χ0v) is 16.6. The SMILES string of the molecule is O=CC1CCC2(CC1)CN(c1cccc3c1C(=O)N(C1CCC(=O)NC1=O)C3=O)C2. The molecule has 5 rings (SSSR count). The summed E-state index contributed by atoms with van der Waals surface area (Å²) in [6.07, 6.45) is 5.12. The zero-order valence-electron chi connectivity index (χ0n) is 16.6. The Morgan fingerprint density at radius 2 is 1.73 bits per heavy atom. The highest BCUT2D eigenvalue weighted by Crippen LogP contribution is 2.48. The van der Waals surface area contributed by atoms with Crippen LogP contribution in [0.4, 0.5) is 5.69 Å². The number of carbonyl (C=O) groups is 5. The van der Waals surface area contributed by atoms with Crippen molar-refractivity contribution >= 4 is 35.6 Å². The van der Waals surface area contributed by atoms with E-state index < -0.39 is 23.8 Å². The molecule has 1 aromatic rings. The number of hydrogen-bond acceptors (Lipinski definition) is 6. The van der Waals surface area contributed by atoms with Gasteiger partial charge in [-0.1, -0.05) is 6.07 Å². The summed E-state index contributed by atoms with van der Waals surface area (Å²) in [4.78, 5) is 64.1. The minimum absolute atomic E-state index is 0.104. The predicted molar refractivity (Wildman–Crippen MR) is 106 cm³/mol. The molecule has 0 aromatic heterocycles. The van der Waals surface area contributed by atoms with E-state index in [4.69, 9.17) is 0 Å². The third kappa shape index (κ3) is 2.77. The summed E-state index contributed by atoms with van der Waals surface area (Å²) in [7, 11) is 0. The number of piperidine rings is 1. The molecule has 1 atom stereocenters. The molecule has 3 heterocycles. The van der Waals surface area contributed by atoms with Gasteiger partial charge >= 0.3 is 0 Å². The number of rotatable bonds is 3. The number of anilines is 1. The van der Waals surface area contributed by atoms with Gasteiger partial charge < -0.3 is 9.69 Å². The molecule has 1 saturated carbocycles. The van der Waals surface area contributed by atoms with Crippen LogP contribution in [0.2, 0.25) is 0 Å². The first-order chi connectivity index (χ1) is 14.4. The van der Waals surface area contributed by atoms with Crippen molar-refractivity contribution in [3.05, 3.63) is 29.3 Å². The maximum Gasteiger partial charge on any atom is 0.264 e. The maximum atomic E-state index is 13.2. The minimum Gasteiger partial charge on any atom is -0.370 e. The van der Waals surface area contributed by atoms with Crippen LogP contribution in [-0.2, 0) is 14.4 Å². The van der Waals surface area contributed by atoms with Crippen LogP contribution >= 0.6 is 0 Å². The number of fused-ring (bicyclic) bond motifs is 1. The van der Waals surface area contributed by atoms with Gasteiger partial charge in [0.05, 0.1) is 16.8 Å². The van der Waals surface area contributed by atoms with Gasteiger partial charge in [-0.15, -0.1) is 0 Å². The Hall–Kier alpha value is -3.03. The molecule has 8 heteroatoms. The molecule has 0 radical (unpaired) electrons. The highest BCUT2D eigenvalue weighted by atomic mass is 16.2. The lowest BCUT2D eigenvalue weighted by molar-refractivity contribution is -0.136. The van der Waals surface area contributed by atoms with Crippen molar-refractivity contribution in [2.24, 2.45) is 11.3 Å². The van der Waals surface area contributed by atoms with Crippen LogP contribution in [0.25, 0.3) is 0 Å². The van der Waals surface area contributed by atoms with Gasteiger partial charge in [-0.3, -0.25) is 29.4 Å². The Balaban J connectivity index is 1.38. The predicted octanol–water partition coefficient (Wildman–Crippen LogP) is 1.28. The van der Waals surface area contributed by atoms with Crippen molar-refractivity contribution in [1.29, 1.82) is 0 Å². The van der Waals surface area contributed by atoms with Gasteiger partial charge in [0.25, 0.3) is 11.8 Å². The van der Waals surface area contributed by atoms with E-state index in [2.05, 4.69) is 10.2 Å². The summed E-state index contributed by atoms with van der Waals surface area (Å²) < 4.78 is 0. The van der Waals surface area contributed by atoms with Gasteiger partial charge in [-0.2, -0.15) is 0 Å². The molecule has 3 fully saturated rings. The molecule has 8 nitrogen and oxygen atoms in total. The fraction of sp³-hybridized carbons (Fsp3) is 0.500. The van der Waals surface area contributed by atoms with E-state index in [1.54, 1.807) is 12.1 Å². The molecule has 156 valence electrons. The van der Waals surface area contributed by atoms with Crippen LogP contribution in [0.3, 0.4) is 0 Å². The fourth-order valence-corrected chi connectivity index (χ4v) is 5.40. The Morgan fingerprint density at radius 1 is 1.00 bits per heavy atom. The van der Waals surface area contributed by atoms with Crippen LogP contribution in [0.15, 0.2) is 18.2 Å². The number of carbonyl (C=O) groups excluding carboxylic acids is 5. The van der Waals surface area contributed by atoms with Crippen LogP contribution in [0, 0.1) is 11.3 Å². The van der Waals surface area contributed by atoms with Crippen LogP contribution < -0.4 is 10.2 Å². The van der Waals surface area contributed by atoms with Gasteiger partial charge in [0, 0.05) is 30.8 Å². The average Bonchev–Trinajstić information content (AvgIpc) is 2.97. The van der Waals surface area contributed by atoms with Gasteiger partial charge in [-0.25, -0.2) is 0 Å². The molecule has 2 saturated heterocycles. The summed E-state index contributed by atoms with van der Waals surface area (Å²) in [6, 6.07) is 4.28. The molecule has 3 aliphatic heterocycles. The van der Waals surface area contributed by atoms with Gasteiger partial charge in [0.15, 0.2) is 0 Å². The summed E-state index contributed by atoms with van der Waals surface area (Å²) in [5, 5.41) is 2.22. The van der Waals surface area contributed by atoms with Crippen molar-refractivity contribution < 1.29 is 24.0 Å². The number of aldehydes is 1. The normalized spacial score (nSPS) is 25.9. The first-order valence-corrected chi connectivity index (χ1v) is 10.5. The average molecular weight is 409 g/mol. The van der Waals surface area contributed by atoms with Crippen LogP contribution in [-0.4, -0.2) is 53.9 Å². The third-order valence-corrected chi connectivity index (χ3v) is 7.12. The topological polar surface area (TPSA) is 104 Å². The van der Waals surface area contributed by atoms with E-state index in [1.165, 1.54) is 0 Å². The fourth-order valence-electron chi connectivity index (χ4n) is 5.40. The molecular weight excluding hydrogens is 386 g/mol. The highest BCUT2D eigenvalue weighted by Gasteiger charge is 2.49. The number of imide groups is 2. The van der Waals surface area contributed by atoms with Gasteiger partial charge in [-0.05, 0) is 44.2 Å². The lowest BCUT2D eigenvalue weighted by Gasteiger charge is -2.54. The first kappa shape index (κ1) is 19.0. The summed E-state index contributed by atoms with van der Waals surface area (Å²) in [5.74, 6) is -1.77. The third-order valence-electron chi connectivity index (χ3n) is 7.12. The first-order valence-electron chi connectivity index (χ1n) is 10.5. The van der Waals surface area contributed by atoms with Crippen molar-refractivity contribution in [3.63, 3.8) is 0 Å². The van der Waals surface area contributed by atoms with Crippen molar-refractivity contribution in [3.8, 4) is 0 Å². The van der Waals surface area contributed by atoms with Crippen molar-refractivity contribution in [2.75, 3.05) is 18.0 Å². The Kier molecular flexibility index (Phi) is 4.27. The monoisotopic (exact) mass is 409 g/mol. The number of nitrogens with zero attached hydrogens (tertiary/aromatic N) is 2. The lowest BCUT2D eigenvalue weighted by Crippen LogP contribution is -2.58. The highest BCUT2D eigenvalue weighted by molar-refractivity contribution is 6.25. The molecule has 1 aliphatic carbocycles. The molecule has 0 bridgehead atoms. The van der Waals surface area contributed by atoms with Crippen molar-refractivity contribution in [1.82, 2.24) is 10.2 Å². The maximum absolute atomic E-state index is 13.2. The van der Waals surface area contributed by atoms with Crippen LogP contribution in [0.1, 0.15) is 59.2 Å². The second-order valence-corrected chi connectivity index (χ2v) is 8.98. The quantitative estimate of drug-likeness (QED) is 0.596. The lowest BCUT2D eigenvalue weighted by atomic mass is 9.66. The van der Waals surface area contributed by atoms with E-state index in [1.807, 2.05) is 6.07 Å². The summed E-state index contributed by atoms with van der Waals surface area (Å²) in [6.45, 7) is 1.60. The molecule has 1 aromatic carbocycles. The molecule has 30 heavy (non-hydrogen) atoms. The summed E-state index contributed by atoms with van der Waals surface area (Å²) in [5.41, 5.74) is 1.57. The number of amides is 4. The van der Waals surface area contributed by atoms with Crippen molar-refractivity contribution in [2.45, 2.75) is 44.6 Å². The largest absolute Gasteiger partial charge is 0.370 e. The molecule has 4 aliphatic rings. The molecule has 4 amide bonds. The van der Waals surface area contributed by atoms with E-state index in [0.717, 1.165) is 55.6 Å². The van der Waals surface area contributed by atoms with E-state index in [9.17, 15) is 24.0 Å². The minimum atomic E-state index is -0.954. The second-order valence-electron chi connectivity index (χ2n) is 8.98. The number of benzene rings is 1. The molecule has 1 N–H and O–H groups in total. The number of nitrogens with one attached hydrogen (secondary N) is 1. The molecular formula is C22H23N3O5. The standard InChI is InChI=1S/C22H23N3O5/c26-10-13-6-8-22(9-7-13)11-24(12-22)15-3-1-2-14-18(15)21(30)25(20(14)29)16-4-5-17(27)23-19(16)28/h1-3,10,13,16H,4-9,11-12H2,(H,23,27,28). The molecule has 1 spiro atoms. The Labute approximate surface area is 173 Å². The van der Waals surface area contributed by atoms with Crippen LogP contribution in [0.5, 0.6) is 0 Å². The molecule has 1 unspecified atom stereocenters. The Morgan fingerprint density at radius 3 is 2.40 bits per heavy atom. The zero-order chi connectivity index (χ0) is 21.0. The van der Waals surface area contributed by atoms with Gasteiger partial charge in [0.1, 0.15) is 12.3 Å². The second kappa shape index (κ2) is 6.75. The van der Waals surface area contributed by atoms with Gasteiger partial charge in [0.2, 0.25) is 11.8 Å². The Bertz CT molecular complexity index is 971.